The van der Waals surface area contributed by atoms with Crippen molar-refractivity contribution in [2.24, 2.45) is 0 Å². The van der Waals surface area contributed by atoms with E-state index in [4.69, 9.17) is 10.00 Å². The number of halogens is 1. The molecule has 96 valence electrons. The highest BCUT2D eigenvalue weighted by Gasteiger charge is 2.02. The molecule has 0 radical (unpaired) electrons. The van der Waals surface area contributed by atoms with Crippen LogP contribution in [0.5, 0.6) is 5.75 Å². The first kappa shape index (κ1) is 13.3. The first-order valence-electron chi connectivity index (χ1n) is 5.63. The second-order valence-corrected chi connectivity index (χ2v) is 4.51. The second kappa shape index (κ2) is 6.71. The third-order valence-corrected chi connectivity index (χ3v) is 2.76. The van der Waals surface area contributed by atoms with Crippen LogP contribution in [-0.2, 0) is 0 Å². The van der Waals surface area contributed by atoms with E-state index in [0.29, 0.717) is 19.0 Å². The standard InChI is InChI=1S/C13H11BrN4O/c14-10-2-1-3-11(8-10)19-7-6-18-13-12(9-15)16-4-5-17-13/h1-5,8H,6-7H2,(H,17,18). The molecule has 0 aliphatic rings. The van der Waals surface area contributed by atoms with Crippen LogP contribution in [0.3, 0.4) is 0 Å². The highest BCUT2D eigenvalue weighted by Crippen LogP contribution is 2.17. The highest BCUT2D eigenvalue weighted by molar-refractivity contribution is 9.10. The van der Waals surface area contributed by atoms with Crippen molar-refractivity contribution < 1.29 is 4.74 Å². The SMILES string of the molecule is N#Cc1nccnc1NCCOc1cccc(Br)c1. The van der Waals surface area contributed by atoms with Crippen molar-refractivity contribution in [3.05, 3.63) is 46.8 Å². The summed E-state index contributed by atoms with van der Waals surface area (Å²) < 4.78 is 6.53. The lowest BCUT2D eigenvalue weighted by Crippen LogP contribution is -2.13. The Bertz CT molecular complexity index is 597. The molecule has 1 N–H and O–H groups in total. The van der Waals surface area contributed by atoms with Crippen LogP contribution in [0.1, 0.15) is 5.69 Å². The van der Waals surface area contributed by atoms with Gasteiger partial charge >= 0.3 is 0 Å². The lowest BCUT2D eigenvalue weighted by atomic mass is 10.3. The van der Waals surface area contributed by atoms with Gasteiger partial charge in [0.25, 0.3) is 0 Å². The van der Waals surface area contributed by atoms with Crippen LogP contribution in [0.15, 0.2) is 41.1 Å². The van der Waals surface area contributed by atoms with E-state index in [1.807, 2.05) is 30.3 Å². The summed E-state index contributed by atoms with van der Waals surface area (Å²) in [5.41, 5.74) is 0.282. The van der Waals surface area contributed by atoms with Gasteiger partial charge in [0, 0.05) is 16.9 Å². The van der Waals surface area contributed by atoms with Gasteiger partial charge in [-0.3, -0.25) is 0 Å². The van der Waals surface area contributed by atoms with Gasteiger partial charge in [0.05, 0.1) is 6.54 Å². The smallest absolute Gasteiger partial charge is 0.182 e. The summed E-state index contributed by atoms with van der Waals surface area (Å²) in [6, 6.07) is 9.59. The Morgan fingerprint density at radius 3 is 2.95 bits per heavy atom. The minimum Gasteiger partial charge on any atom is -0.492 e. The third-order valence-electron chi connectivity index (χ3n) is 2.26. The second-order valence-electron chi connectivity index (χ2n) is 3.60. The Kier molecular flexibility index (Phi) is 4.70. The largest absolute Gasteiger partial charge is 0.492 e. The Morgan fingerprint density at radius 1 is 1.32 bits per heavy atom. The number of anilines is 1. The van der Waals surface area contributed by atoms with Crippen LogP contribution in [0, 0.1) is 11.3 Å². The average molecular weight is 319 g/mol. The first-order valence-corrected chi connectivity index (χ1v) is 6.42. The van der Waals surface area contributed by atoms with Crippen molar-refractivity contribution in [3.63, 3.8) is 0 Å². The summed E-state index contributed by atoms with van der Waals surface area (Å²) in [5.74, 6) is 1.26. The molecule has 0 aliphatic heterocycles. The van der Waals surface area contributed by atoms with Gasteiger partial charge in [-0.2, -0.15) is 5.26 Å². The van der Waals surface area contributed by atoms with E-state index >= 15 is 0 Å². The fourth-order valence-corrected chi connectivity index (χ4v) is 1.82. The van der Waals surface area contributed by atoms with E-state index in [1.54, 1.807) is 6.20 Å². The molecule has 1 heterocycles. The highest BCUT2D eigenvalue weighted by atomic mass is 79.9. The topological polar surface area (TPSA) is 70.8 Å². The molecule has 0 bridgehead atoms. The van der Waals surface area contributed by atoms with Gasteiger partial charge in [-0.25, -0.2) is 9.97 Å². The number of nitriles is 1. The number of rotatable bonds is 5. The zero-order valence-corrected chi connectivity index (χ0v) is 11.6. The van der Waals surface area contributed by atoms with Gasteiger partial charge in [-0.05, 0) is 18.2 Å². The Labute approximate surface area is 119 Å². The maximum atomic E-state index is 8.85. The molecule has 1 aromatic carbocycles. The summed E-state index contributed by atoms with van der Waals surface area (Å²) in [7, 11) is 0. The number of nitrogens with one attached hydrogen (secondary N) is 1. The van der Waals surface area contributed by atoms with Crippen molar-refractivity contribution in [2.75, 3.05) is 18.5 Å². The Balaban J connectivity index is 1.83. The summed E-state index contributed by atoms with van der Waals surface area (Å²) in [6.45, 7) is 1.01. The van der Waals surface area contributed by atoms with Crippen LogP contribution in [0.25, 0.3) is 0 Å². The lowest BCUT2D eigenvalue weighted by Gasteiger charge is -2.08. The van der Waals surface area contributed by atoms with E-state index in [9.17, 15) is 0 Å². The molecule has 0 unspecified atom stereocenters. The lowest BCUT2D eigenvalue weighted by molar-refractivity contribution is 0.332. The molecule has 0 atom stereocenters. The molecule has 5 nitrogen and oxygen atoms in total. The number of nitrogens with zero attached hydrogens (tertiary/aromatic N) is 3. The van der Waals surface area contributed by atoms with E-state index in [2.05, 4.69) is 31.2 Å². The van der Waals surface area contributed by atoms with Gasteiger partial charge in [0.15, 0.2) is 11.5 Å². The number of benzene rings is 1. The fourth-order valence-electron chi connectivity index (χ4n) is 1.44. The molecule has 19 heavy (non-hydrogen) atoms. The molecule has 1 aromatic heterocycles. The summed E-state index contributed by atoms with van der Waals surface area (Å²) >= 11 is 3.38. The minimum atomic E-state index is 0.282. The molecule has 2 aromatic rings. The van der Waals surface area contributed by atoms with E-state index < -0.39 is 0 Å². The fraction of sp³-hybridized carbons (Fsp3) is 0.154. The van der Waals surface area contributed by atoms with Gasteiger partial charge in [0.2, 0.25) is 0 Å². The summed E-state index contributed by atoms with van der Waals surface area (Å²) in [4.78, 5) is 7.96. The summed E-state index contributed by atoms with van der Waals surface area (Å²) in [5, 5.41) is 11.9. The molecule has 0 spiro atoms. The zero-order chi connectivity index (χ0) is 13.5. The Morgan fingerprint density at radius 2 is 2.16 bits per heavy atom. The number of hydrogen-bond acceptors (Lipinski definition) is 5. The van der Waals surface area contributed by atoms with Crippen molar-refractivity contribution in [3.8, 4) is 11.8 Å². The Hall–Kier alpha value is -2.13. The van der Waals surface area contributed by atoms with Crippen LogP contribution in [0.4, 0.5) is 5.82 Å². The molecule has 6 heteroatoms. The number of ether oxygens (including phenoxy) is 1. The van der Waals surface area contributed by atoms with Crippen molar-refractivity contribution >= 4 is 21.7 Å². The van der Waals surface area contributed by atoms with Gasteiger partial charge in [-0.1, -0.05) is 22.0 Å². The molecule has 0 amide bonds. The maximum Gasteiger partial charge on any atom is 0.182 e. The minimum absolute atomic E-state index is 0.282. The van der Waals surface area contributed by atoms with Crippen LogP contribution in [0.2, 0.25) is 0 Å². The number of aromatic nitrogens is 2. The zero-order valence-electron chi connectivity index (χ0n) is 10.0. The molecule has 0 saturated carbocycles. The first-order chi connectivity index (χ1) is 9.29. The van der Waals surface area contributed by atoms with E-state index in [1.165, 1.54) is 6.20 Å². The molecular formula is C13H11BrN4O. The molecule has 0 saturated heterocycles. The molecule has 0 fully saturated rings. The van der Waals surface area contributed by atoms with Crippen LogP contribution >= 0.6 is 15.9 Å². The number of hydrogen-bond donors (Lipinski definition) is 1. The maximum absolute atomic E-state index is 8.85. The third kappa shape index (κ3) is 3.93. The molecule has 2 rings (SSSR count). The normalized spacial score (nSPS) is 9.68. The van der Waals surface area contributed by atoms with E-state index in [0.717, 1.165) is 10.2 Å². The summed E-state index contributed by atoms with van der Waals surface area (Å²) in [6.07, 6.45) is 3.03. The van der Waals surface area contributed by atoms with Gasteiger partial charge in [-0.15, -0.1) is 0 Å². The quantitative estimate of drug-likeness (QED) is 0.858. The predicted octanol–water partition coefficient (Wildman–Crippen LogP) is 2.60. The molecular weight excluding hydrogens is 308 g/mol. The van der Waals surface area contributed by atoms with Crippen LogP contribution < -0.4 is 10.1 Å². The predicted molar refractivity (Wildman–Crippen MR) is 74.9 cm³/mol. The van der Waals surface area contributed by atoms with E-state index in [-0.39, 0.29) is 5.69 Å². The van der Waals surface area contributed by atoms with Gasteiger partial charge < -0.3 is 10.1 Å². The monoisotopic (exact) mass is 318 g/mol. The van der Waals surface area contributed by atoms with Crippen LogP contribution in [-0.4, -0.2) is 23.1 Å². The van der Waals surface area contributed by atoms with Gasteiger partial charge in [0.1, 0.15) is 18.4 Å². The van der Waals surface area contributed by atoms with Crippen molar-refractivity contribution in [1.82, 2.24) is 9.97 Å². The molecule has 0 aliphatic carbocycles. The van der Waals surface area contributed by atoms with Crippen molar-refractivity contribution in [2.45, 2.75) is 0 Å². The average Bonchev–Trinajstić information content (AvgIpc) is 2.44. The van der Waals surface area contributed by atoms with Crippen molar-refractivity contribution in [1.29, 1.82) is 5.26 Å².